The summed E-state index contributed by atoms with van der Waals surface area (Å²) in [6.45, 7) is 0. The lowest BCUT2D eigenvalue weighted by molar-refractivity contribution is -0.137. The van der Waals surface area contributed by atoms with Crippen molar-refractivity contribution in [3.63, 3.8) is 0 Å². The molecule has 1 N–H and O–H groups in total. The van der Waals surface area contributed by atoms with Crippen molar-refractivity contribution in [1.29, 1.82) is 0 Å². The van der Waals surface area contributed by atoms with E-state index in [2.05, 4.69) is 10.3 Å². The molecule has 94 valence electrons. The van der Waals surface area contributed by atoms with E-state index in [0.717, 1.165) is 36.5 Å². The van der Waals surface area contributed by atoms with Crippen LogP contribution in [0.15, 0.2) is 18.3 Å². The standard InChI is InChI=1S/C11H13F3N2S/c12-11(13,14)8-1-4-15-10(7-8)16-9-2-5-17-6-3-9/h1,4,7,9H,2-3,5-6H2,(H,15,16). The molecule has 6 heteroatoms. The van der Waals surface area contributed by atoms with E-state index >= 15 is 0 Å². The molecule has 1 aliphatic heterocycles. The van der Waals surface area contributed by atoms with E-state index in [9.17, 15) is 13.2 Å². The first-order valence-corrected chi connectivity index (χ1v) is 6.59. The van der Waals surface area contributed by atoms with Gasteiger partial charge < -0.3 is 5.32 Å². The second kappa shape index (κ2) is 5.16. The van der Waals surface area contributed by atoms with E-state index in [-0.39, 0.29) is 6.04 Å². The van der Waals surface area contributed by atoms with E-state index in [1.807, 2.05) is 11.8 Å². The maximum Gasteiger partial charge on any atom is 0.416 e. The number of aromatic nitrogens is 1. The summed E-state index contributed by atoms with van der Waals surface area (Å²) >= 11 is 1.88. The van der Waals surface area contributed by atoms with Gasteiger partial charge in [0.25, 0.3) is 0 Å². The largest absolute Gasteiger partial charge is 0.416 e. The second-order valence-corrected chi connectivity index (χ2v) is 5.18. The van der Waals surface area contributed by atoms with Crippen molar-refractivity contribution >= 4 is 17.6 Å². The Labute approximate surface area is 102 Å². The lowest BCUT2D eigenvalue weighted by Gasteiger charge is -2.23. The average molecular weight is 262 g/mol. The number of halogens is 3. The molecule has 0 amide bonds. The molecular weight excluding hydrogens is 249 g/mol. The van der Waals surface area contributed by atoms with Crippen LogP contribution in [0, 0.1) is 0 Å². The Morgan fingerprint density at radius 2 is 2.00 bits per heavy atom. The van der Waals surface area contributed by atoms with Crippen molar-refractivity contribution in [2.75, 3.05) is 16.8 Å². The van der Waals surface area contributed by atoms with Gasteiger partial charge in [0.2, 0.25) is 0 Å². The molecule has 1 aromatic heterocycles. The van der Waals surface area contributed by atoms with Gasteiger partial charge in [-0.1, -0.05) is 0 Å². The fourth-order valence-electron chi connectivity index (χ4n) is 1.74. The van der Waals surface area contributed by atoms with Gasteiger partial charge in [-0.25, -0.2) is 4.98 Å². The molecule has 17 heavy (non-hydrogen) atoms. The van der Waals surface area contributed by atoms with Crippen molar-refractivity contribution < 1.29 is 13.2 Å². The van der Waals surface area contributed by atoms with Crippen LogP contribution in [0.25, 0.3) is 0 Å². The first kappa shape index (κ1) is 12.5. The van der Waals surface area contributed by atoms with Crippen molar-refractivity contribution in [3.8, 4) is 0 Å². The Morgan fingerprint density at radius 1 is 1.29 bits per heavy atom. The van der Waals surface area contributed by atoms with E-state index < -0.39 is 11.7 Å². The maximum atomic E-state index is 12.5. The second-order valence-electron chi connectivity index (χ2n) is 3.96. The van der Waals surface area contributed by atoms with Crippen molar-refractivity contribution in [2.45, 2.75) is 25.1 Å². The summed E-state index contributed by atoms with van der Waals surface area (Å²) in [6, 6.07) is 2.30. The smallest absolute Gasteiger partial charge is 0.367 e. The van der Waals surface area contributed by atoms with Gasteiger partial charge in [-0.3, -0.25) is 0 Å². The van der Waals surface area contributed by atoms with Crippen LogP contribution in [0.1, 0.15) is 18.4 Å². The van der Waals surface area contributed by atoms with Crippen molar-refractivity contribution in [3.05, 3.63) is 23.9 Å². The molecular formula is C11H13F3N2S. The zero-order chi connectivity index (χ0) is 12.3. The predicted octanol–water partition coefficient (Wildman–Crippen LogP) is 3.41. The maximum absolute atomic E-state index is 12.5. The number of thioether (sulfide) groups is 1. The number of hydrogen-bond acceptors (Lipinski definition) is 3. The monoisotopic (exact) mass is 262 g/mol. The highest BCUT2D eigenvalue weighted by atomic mass is 32.2. The Balaban J connectivity index is 2.05. The fourth-order valence-corrected chi connectivity index (χ4v) is 2.84. The molecule has 0 atom stereocenters. The highest BCUT2D eigenvalue weighted by Crippen LogP contribution is 2.30. The molecule has 0 radical (unpaired) electrons. The van der Waals surface area contributed by atoms with Crippen LogP contribution in [0.4, 0.5) is 19.0 Å². The van der Waals surface area contributed by atoms with Crippen molar-refractivity contribution in [2.24, 2.45) is 0 Å². The van der Waals surface area contributed by atoms with E-state index in [4.69, 9.17) is 0 Å². The molecule has 0 aliphatic carbocycles. The van der Waals surface area contributed by atoms with E-state index in [1.54, 1.807) is 0 Å². The summed E-state index contributed by atoms with van der Waals surface area (Å²) in [5.74, 6) is 2.42. The minimum absolute atomic E-state index is 0.243. The highest BCUT2D eigenvalue weighted by molar-refractivity contribution is 7.99. The number of nitrogens with zero attached hydrogens (tertiary/aromatic N) is 1. The van der Waals surface area contributed by atoms with Gasteiger partial charge in [0.1, 0.15) is 5.82 Å². The molecule has 1 fully saturated rings. The lowest BCUT2D eigenvalue weighted by atomic mass is 10.1. The van der Waals surface area contributed by atoms with Crippen LogP contribution < -0.4 is 5.32 Å². The number of hydrogen-bond donors (Lipinski definition) is 1. The Kier molecular flexibility index (Phi) is 3.81. The predicted molar refractivity (Wildman–Crippen MR) is 63.2 cm³/mol. The average Bonchev–Trinajstić information content (AvgIpc) is 2.29. The van der Waals surface area contributed by atoms with Crippen LogP contribution in [0.2, 0.25) is 0 Å². The summed E-state index contributed by atoms with van der Waals surface area (Å²) in [6.07, 6.45) is -1.16. The van der Waals surface area contributed by atoms with Gasteiger partial charge in [0.15, 0.2) is 0 Å². The lowest BCUT2D eigenvalue weighted by Crippen LogP contribution is -2.25. The van der Waals surface area contributed by atoms with E-state index in [0.29, 0.717) is 5.82 Å². The number of alkyl halides is 3. The van der Waals surface area contributed by atoms with Gasteiger partial charge >= 0.3 is 6.18 Å². The molecule has 0 bridgehead atoms. The molecule has 0 unspecified atom stereocenters. The quantitative estimate of drug-likeness (QED) is 0.884. The molecule has 1 aromatic rings. The first-order valence-electron chi connectivity index (χ1n) is 5.43. The third-order valence-electron chi connectivity index (χ3n) is 2.66. The molecule has 0 saturated carbocycles. The SMILES string of the molecule is FC(F)(F)c1ccnc(NC2CCSCC2)c1. The van der Waals surface area contributed by atoms with Gasteiger partial charge in [-0.15, -0.1) is 0 Å². The molecule has 2 rings (SSSR count). The van der Waals surface area contributed by atoms with Gasteiger partial charge in [0.05, 0.1) is 5.56 Å². The van der Waals surface area contributed by atoms with Crippen LogP contribution in [0.5, 0.6) is 0 Å². The Bertz CT molecular complexity index is 375. The number of rotatable bonds is 2. The number of nitrogens with one attached hydrogen (secondary N) is 1. The van der Waals surface area contributed by atoms with Crippen LogP contribution in [-0.2, 0) is 6.18 Å². The molecule has 1 saturated heterocycles. The molecule has 2 heterocycles. The molecule has 2 nitrogen and oxygen atoms in total. The summed E-state index contributed by atoms with van der Waals surface area (Å²) in [5, 5.41) is 3.07. The van der Waals surface area contributed by atoms with Gasteiger partial charge in [-0.05, 0) is 36.5 Å². The number of pyridine rings is 1. The molecule has 1 aliphatic rings. The fraction of sp³-hybridized carbons (Fsp3) is 0.545. The summed E-state index contributed by atoms with van der Waals surface area (Å²) in [7, 11) is 0. The van der Waals surface area contributed by atoms with Crippen LogP contribution in [0.3, 0.4) is 0 Å². The summed E-state index contributed by atoms with van der Waals surface area (Å²) < 4.78 is 37.5. The Hall–Kier alpha value is -0.910. The molecule has 0 aromatic carbocycles. The summed E-state index contributed by atoms with van der Waals surface area (Å²) in [4.78, 5) is 3.93. The van der Waals surface area contributed by atoms with Crippen LogP contribution in [-0.4, -0.2) is 22.5 Å². The third-order valence-corrected chi connectivity index (χ3v) is 3.71. The molecule has 0 spiro atoms. The minimum Gasteiger partial charge on any atom is -0.367 e. The highest BCUT2D eigenvalue weighted by Gasteiger charge is 2.30. The zero-order valence-corrected chi connectivity index (χ0v) is 9.94. The zero-order valence-electron chi connectivity index (χ0n) is 9.13. The normalized spacial score (nSPS) is 18.1. The van der Waals surface area contributed by atoms with Gasteiger partial charge in [0, 0.05) is 12.2 Å². The Morgan fingerprint density at radius 3 is 2.65 bits per heavy atom. The van der Waals surface area contributed by atoms with Crippen molar-refractivity contribution in [1.82, 2.24) is 4.98 Å². The topological polar surface area (TPSA) is 24.9 Å². The first-order chi connectivity index (χ1) is 8.05. The number of anilines is 1. The van der Waals surface area contributed by atoms with E-state index in [1.165, 1.54) is 6.20 Å². The minimum atomic E-state index is -4.30. The van der Waals surface area contributed by atoms with Crippen LogP contribution >= 0.6 is 11.8 Å². The summed E-state index contributed by atoms with van der Waals surface area (Å²) in [5.41, 5.74) is -0.653. The van der Waals surface area contributed by atoms with Gasteiger partial charge in [-0.2, -0.15) is 24.9 Å². The third kappa shape index (κ3) is 3.52.